The van der Waals surface area contributed by atoms with E-state index in [4.69, 9.17) is 5.21 Å². The van der Waals surface area contributed by atoms with E-state index in [1.165, 1.54) is 5.56 Å². The smallest absolute Gasteiger partial charge is 0.248 e. The molecule has 1 aliphatic rings. The number of hydroxylamine groups is 1. The SMILES string of the molecule is Cc1ccc(C2(C)CCN(CC(CC(C)C)C(=O)NO)C2=O)cc1. The third-order valence-electron chi connectivity index (χ3n) is 5.01. The Morgan fingerprint density at radius 1 is 1.33 bits per heavy atom. The summed E-state index contributed by atoms with van der Waals surface area (Å²) < 4.78 is 0. The minimum absolute atomic E-state index is 0.0610. The minimum atomic E-state index is -0.536. The number of carbonyl (C=O) groups is 2. The van der Waals surface area contributed by atoms with Crippen LogP contribution in [0.5, 0.6) is 0 Å². The van der Waals surface area contributed by atoms with Crippen molar-refractivity contribution in [3.63, 3.8) is 0 Å². The molecule has 0 aliphatic carbocycles. The number of amides is 2. The van der Waals surface area contributed by atoms with Gasteiger partial charge < -0.3 is 4.90 Å². The molecule has 5 heteroatoms. The number of rotatable bonds is 6. The Bertz CT molecular complexity index is 597. The van der Waals surface area contributed by atoms with Crippen molar-refractivity contribution in [1.29, 1.82) is 0 Å². The monoisotopic (exact) mass is 332 g/mol. The lowest BCUT2D eigenvalue weighted by Crippen LogP contribution is -2.42. The lowest BCUT2D eigenvalue weighted by molar-refractivity contribution is -0.137. The summed E-state index contributed by atoms with van der Waals surface area (Å²) in [6.45, 7) is 9.05. The first kappa shape index (κ1) is 18.5. The van der Waals surface area contributed by atoms with E-state index in [1.54, 1.807) is 10.4 Å². The Balaban J connectivity index is 2.14. The fraction of sp³-hybridized carbons (Fsp3) is 0.579. The molecule has 2 amide bonds. The first-order chi connectivity index (χ1) is 11.3. The number of likely N-dealkylation sites (tertiary alicyclic amines) is 1. The second-order valence-corrected chi connectivity index (χ2v) is 7.50. The van der Waals surface area contributed by atoms with E-state index < -0.39 is 11.3 Å². The van der Waals surface area contributed by atoms with Crippen LogP contribution in [0, 0.1) is 18.8 Å². The largest absolute Gasteiger partial charge is 0.341 e. The van der Waals surface area contributed by atoms with Gasteiger partial charge in [-0.3, -0.25) is 14.8 Å². The van der Waals surface area contributed by atoms with Gasteiger partial charge in [-0.1, -0.05) is 43.7 Å². The highest BCUT2D eigenvalue weighted by molar-refractivity contribution is 5.90. The third kappa shape index (κ3) is 3.78. The van der Waals surface area contributed by atoms with Crippen LogP contribution in [0.2, 0.25) is 0 Å². The lowest BCUT2D eigenvalue weighted by Gasteiger charge is -2.27. The normalized spacial score (nSPS) is 22.1. The summed E-state index contributed by atoms with van der Waals surface area (Å²) in [5.74, 6) is -0.431. The molecule has 1 saturated heterocycles. The molecule has 0 spiro atoms. The zero-order valence-electron chi connectivity index (χ0n) is 15.0. The summed E-state index contributed by atoms with van der Waals surface area (Å²) in [6, 6.07) is 8.08. The number of nitrogens with one attached hydrogen (secondary N) is 1. The van der Waals surface area contributed by atoms with Gasteiger partial charge in [0.2, 0.25) is 11.8 Å². The molecule has 1 heterocycles. The Labute approximate surface area is 144 Å². The summed E-state index contributed by atoms with van der Waals surface area (Å²) in [5, 5.41) is 8.96. The Morgan fingerprint density at radius 3 is 2.50 bits per heavy atom. The Hall–Kier alpha value is -1.88. The van der Waals surface area contributed by atoms with Crippen LogP contribution >= 0.6 is 0 Å². The zero-order chi connectivity index (χ0) is 17.9. The molecule has 24 heavy (non-hydrogen) atoms. The van der Waals surface area contributed by atoms with Gasteiger partial charge in [-0.05, 0) is 38.2 Å². The quantitative estimate of drug-likeness (QED) is 0.621. The second kappa shape index (κ2) is 7.34. The van der Waals surface area contributed by atoms with E-state index in [0.29, 0.717) is 25.4 Å². The molecule has 1 aromatic carbocycles. The molecule has 1 aromatic rings. The van der Waals surface area contributed by atoms with Crippen LogP contribution in [0.25, 0.3) is 0 Å². The van der Waals surface area contributed by atoms with Gasteiger partial charge in [0.15, 0.2) is 0 Å². The van der Waals surface area contributed by atoms with E-state index in [-0.39, 0.29) is 11.8 Å². The van der Waals surface area contributed by atoms with Crippen LogP contribution in [0.3, 0.4) is 0 Å². The average Bonchev–Trinajstić information content (AvgIpc) is 2.83. The Morgan fingerprint density at radius 2 is 1.96 bits per heavy atom. The van der Waals surface area contributed by atoms with Crippen molar-refractivity contribution in [3.05, 3.63) is 35.4 Å². The highest BCUT2D eigenvalue weighted by Crippen LogP contribution is 2.36. The Kier molecular flexibility index (Phi) is 5.65. The van der Waals surface area contributed by atoms with Gasteiger partial charge in [0, 0.05) is 13.1 Å². The highest BCUT2D eigenvalue weighted by atomic mass is 16.5. The van der Waals surface area contributed by atoms with Gasteiger partial charge in [-0.15, -0.1) is 0 Å². The molecule has 2 unspecified atom stereocenters. The molecular weight excluding hydrogens is 304 g/mol. The highest BCUT2D eigenvalue weighted by Gasteiger charge is 2.44. The number of hydrogen-bond donors (Lipinski definition) is 2. The molecule has 0 radical (unpaired) electrons. The van der Waals surface area contributed by atoms with Crippen LogP contribution in [-0.4, -0.2) is 35.0 Å². The molecular formula is C19H28N2O3. The number of nitrogens with zero attached hydrogens (tertiary/aromatic N) is 1. The maximum atomic E-state index is 13.0. The maximum absolute atomic E-state index is 13.0. The summed E-state index contributed by atoms with van der Waals surface area (Å²) in [5.41, 5.74) is 3.39. The van der Waals surface area contributed by atoms with E-state index in [0.717, 1.165) is 12.0 Å². The minimum Gasteiger partial charge on any atom is -0.341 e. The molecule has 1 aliphatic heterocycles. The number of aryl methyl sites for hydroxylation is 1. The molecule has 0 bridgehead atoms. The number of benzene rings is 1. The summed E-state index contributed by atoms with van der Waals surface area (Å²) >= 11 is 0. The van der Waals surface area contributed by atoms with E-state index >= 15 is 0 Å². The zero-order valence-corrected chi connectivity index (χ0v) is 15.0. The van der Waals surface area contributed by atoms with Gasteiger partial charge in [0.25, 0.3) is 0 Å². The third-order valence-corrected chi connectivity index (χ3v) is 5.01. The summed E-state index contributed by atoms with van der Waals surface area (Å²) in [6.07, 6.45) is 1.38. The fourth-order valence-corrected chi connectivity index (χ4v) is 3.47. The van der Waals surface area contributed by atoms with Crippen molar-refractivity contribution in [2.75, 3.05) is 13.1 Å². The van der Waals surface area contributed by atoms with Crippen LogP contribution < -0.4 is 5.48 Å². The molecule has 132 valence electrons. The van der Waals surface area contributed by atoms with Gasteiger partial charge >= 0.3 is 0 Å². The second-order valence-electron chi connectivity index (χ2n) is 7.50. The van der Waals surface area contributed by atoms with Crippen LogP contribution in [0.1, 0.15) is 44.7 Å². The standard InChI is InChI=1S/C19H28N2O3/c1-13(2)11-15(17(22)20-24)12-21-10-9-19(4,18(21)23)16-7-5-14(3)6-8-16/h5-8,13,15,24H,9-12H2,1-4H3,(H,20,22). The van der Waals surface area contributed by atoms with Gasteiger partial charge in [-0.25, -0.2) is 5.48 Å². The molecule has 2 atom stereocenters. The molecule has 0 saturated carbocycles. The van der Waals surface area contributed by atoms with Gasteiger partial charge in [0.05, 0.1) is 11.3 Å². The van der Waals surface area contributed by atoms with E-state index in [9.17, 15) is 9.59 Å². The number of carbonyl (C=O) groups excluding carboxylic acids is 2. The predicted molar refractivity (Wildman–Crippen MR) is 92.6 cm³/mol. The van der Waals surface area contributed by atoms with Crippen molar-refractivity contribution in [3.8, 4) is 0 Å². The predicted octanol–water partition coefficient (Wildman–Crippen LogP) is 2.65. The van der Waals surface area contributed by atoms with Crippen LogP contribution in [0.4, 0.5) is 0 Å². The van der Waals surface area contributed by atoms with Crippen LogP contribution in [0.15, 0.2) is 24.3 Å². The van der Waals surface area contributed by atoms with Crippen molar-refractivity contribution >= 4 is 11.8 Å². The number of hydrogen-bond acceptors (Lipinski definition) is 3. The topological polar surface area (TPSA) is 69.6 Å². The maximum Gasteiger partial charge on any atom is 0.248 e. The molecule has 2 rings (SSSR count). The van der Waals surface area contributed by atoms with Crippen molar-refractivity contribution in [1.82, 2.24) is 10.4 Å². The summed E-state index contributed by atoms with van der Waals surface area (Å²) in [7, 11) is 0. The first-order valence-electron chi connectivity index (χ1n) is 8.58. The van der Waals surface area contributed by atoms with E-state index in [1.807, 2.05) is 52.0 Å². The van der Waals surface area contributed by atoms with E-state index in [2.05, 4.69) is 0 Å². The molecule has 0 aromatic heterocycles. The fourth-order valence-electron chi connectivity index (χ4n) is 3.47. The van der Waals surface area contributed by atoms with Crippen molar-refractivity contribution in [2.24, 2.45) is 11.8 Å². The van der Waals surface area contributed by atoms with Crippen molar-refractivity contribution < 1.29 is 14.8 Å². The average molecular weight is 332 g/mol. The summed E-state index contributed by atoms with van der Waals surface area (Å²) in [4.78, 5) is 26.7. The van der Waals surface area contributed by atoms with Gasteiger partial charge in [-0.2, -0.15) is 0 Å². The van der Waals surface area contributed by atoms with Crippen molar-refractivity contribution in [2.45, 2.75) is 46.0 Å². The lowest BCUT2D eigenvalue weighted by atomic mass is 9.81. The molecule has 5 nitrogen and oxygen atoms in total. The van der Waals surface area contributed by atoms with Crippen LogP contribution in [-0.2, 0) is 15.0 Å². The first-order valence-corrected chi connectivity index (χ1v) is 8.58. The molecule has 1 fully saturated rings. The molecule has 2 N–H and O–H groups in total. The van der Waals surface area contributed by atoms with Gasteiger partial charge in [0.1, 0.15) is 0 Å².